The van der Waals surface area contributed by atoms with Gasteiger partial charge in [0.25, 0.3) is 0 Å². The van der Waals surface area contributed by atoms with E-state index >= 15 is 0 Å². The van der Waals surface area contributed by atoms with Gasteiger partial charge < -0.3 is 10.5 Å². The minimum Gasteiger partial charge on any atom is -0.466 e. The molecule has 1 unspecified atom stereocenters. The van der Waals surface area contributed by atoms with Crippen LogP contribution < -0.4 is 5.73 Å². The highest BCUT2D eigenvalue weighted by atomic mass is 19.1. The number of rotatable bonds is 6. The summed E-state index contributed by atoms with van der Waals surface area (Å²) >= 11 is 0. The fourth-order valence-electron chi connectivity index (χ4n) is 2.35. The Labute approximate surface area is 120 Å². The number of ether oxygens (including phenoxy) is 1. The van der Waals surface area contributed by atoms with E-state index in [-0.39, 0.29) is 24.2 Å². The maximum absolute atomic E-state index is 13.4. The van der Waals surface area contributed by atoms with Crippen LogP contribution in [0.3, 0.4) is 0 Å². The second-order valence-corrected chi connectivity index (χ2v) is 5.48. The molecule has 0 aromatic heterocycles. The van der Waals surface area contributed by atoms with Gasteiger partial charge in [0.2, 0.25) is 0 Å². The first-order valence-corrected chi connectivity index (χ1v) is 6.99. The standard InChI is InChI=1S/C16H24FNO2/c1-5-20-15(19)16(10-18,11(2)3)9-13-8-14(17)7-6-12(13)4/h6-8,11H,5,9-10,18H2,1-4H3. The average molecular weight is 281 g/mol. The molecule has 0 amide bonds. The molecule has 3 nitrogen and oxygen atoms in total. The van der Waals surface area contributed by atoms with Gasteiger partial charge in [-0.1, -0.05) is 19.9 Å². The molecule has 0 bridgehead atoms. The van der Waals surface area contributed by atoms with Crippen LogP contribution in [0.4, 0.5) is 4.39 Å². The van der Waals surface area contributed by atoms with Crippen molar-refractivity contribution >= 4 is 5.97 Å². The summed E-state index contributed by atoms with van der Waals surface area (Å²) in [6.45, 7) is 8.06. The predicted octanol–water partition coefficient (Wildman–Crippen LogP) is 2.84. The molecule has 0 spiro atoms. The molecule has 1 rings (SSSR count). The Hall–Kier alpha value is -1.42. The third kappa shape index (κ3) is 3.37. The van der Waals surface area contributed by atoms with Gasteiger partial charge >= 0.3 is 5.97 Å². The number of hydrogen-bond donors (Lipinski definition) is 1. The van der Waals surface area contributed by atoms with E-state index in [9.17, 15) is 9.18 Å². The van der Waals surface area contributed by atoms with Gasteiger partial charge in [0.1, 0.15) is 5.82 Å². The molecule has 1 aromatic rings. The highest BCUT2D eigenvalue weighted by molar-refractivity contribution is 5.78. The van der Waals surface area contributed by atoms with E-state index in [1.54, 1.807) is 13.0 Å². The van der Waals surface area contributed by atoms with Crippen molar-refractivity contribution in [2.45, 2.75) is 34.1 Å². The van der Waals surface area contributed by atoms with Crippen LogP contribution in [0.25, 0.3) is 0 Å². The van der Waals surface area contributed by atoms with Gasteiger partial charge in [-0.2, -0.15) is 0 Å². The zero-order chi connectivity index (χ0) is 15.3. The van der Waals surface area contributed by atoms with E-state index in [4.69, 9.17) is 10.5 Å². The minimum absolute atomic E-state index is 0.00853. The quantitative estimate of drug-likeness (QED) is 0.816. The van der Waals surface area contributed by atoms with Gasteiger partial charge in [-0.3, -0.25) is 4.79 Å². The molecule has 2 N–H and O–H groups in total. The van der Waals surface area contributed by atoms with Crippen LogP contribution in [-0.2, 0) is 16.0 Å². The Morgan fingerprint density at radius 2 is 2.10 bits per heavy atom. The van der Waals surface area contributed by atoms with Gasteiger partial charge in [0, 0.05) is 6.54 Å². The maximum atomic E-state index is 13.4. The van der Waals surface area contributed by atoms with Crippen LogP contribution in [0.2, 0.25) is 0 Å². The van der Waals surface area contributed by atoms with Crippen LogP contribution in [0.15, 0.2) is 18.2 Å². The van der Waals surface area contributed by atoms with Crippen molar-refractivity contribution < 1.29 is 13.9 Å². The summed E-state index contributed by atoms with van der Waals surface area (Å²) in [7, 11) is 0. The van der Waals surface area contributed by atoms with Crippen molar-refractivity contribution in [3.05, 3.63) is 35.1 Å². The number of carbonyl (C=O) groups is 1. The number of carbonyl (C=O) groups excluding carboxylic acids is 1. The van der Waals surface area contributed by atoms with Gasteiger partial charge in [0.05, 0.1) is 12.0 Å². The molecule has 20 heavy (non-hydrogen) atoms. The smallest absolute Gasteiger partial charge is 0.313 e. The third-order valence-corrected chi connectivity index (χ3v) is 3.97. The lowest BCUT2D eigenvalue weighted by Gasteiger charge is -2.34. The molecular formula is C16H24FNO2. The molecule has 0 fully saturated rings. The molecule has 0 aliphatic heterocycles. The average Bonchev–Trinajstić information content (AvgIpc) is 2.39. The lowest BCUT2D eigenvalue weighted by molar-refractivity contribution is -0.157. The largest absolute Gasteiger partial charge is 0.466 e. The van der Waals surface area contributed by atoms with Crippen molar-refractivity contribution in [1.82, 2.24) is 0 Å². The first-order chi connectivity index (χ1) is 9.37. The molecular weight excluding hydrogens is 257 g/mol. The number of esters is 1. The minimum atomic E-state index is -0.811. The molecule has 1 aromatic carbocycles. The molecule has 0 heterocycles. The second kappa shape index (κ2) is 6.84. The van der Waals surface area contributed by atoms with Crippen LogP contribution in [0.5, 0.6) is 0 Å². The summed E-state index contributed by atoms with van der Waals surface area (Å²) in [5.41, 5.74) is 6.83. The predicted molar refractivity (Wildman–Crippen MR) is 77.8 cm³/mol. The van der Waals surface area contributed by atoms with Gasteiger partial charge in [0.15, 0.2) is 0 Å². The molecule has 0 aliphatic rings. The summed E-state index contributed by atoms with van der Waals surface area (Å²) in [4.78, 5) is 12.3. The summed E-state index contributed by atoms with van der Waals surface area (Å²) in [5.74, 6) is -0.598. The zero-order valence-electron chi connectivity index (χ0n) is 12.7. The van der Waals surface area contributed by atoms with Crippen LogP contribution in [0, 0.1) is 24.1 Å². The van der Waals surface area contributed by atoms with Crippen molar-refractivity contribution in [1.29, 1.82) is 0 Å². The van der Waals surface area contributed by atoms with Crippen LogP contribution in [-0.4, -0.2) is 19.1 Å². The number of halogens is 1. The van der Waals surface area contributed by atoms with Crippen molar-refractivity contribution in [2.75, 3.05) is 13.2 Å². The van der Waals surface area contributed by atoms with E-state index in [1.165, 1.54) is 12.1 Å². The maximum Gasteiger partial charge on any atom is 0.313 e. The molecule has 0 radical (unpaired) electrons. The molecule has 0 saturated carbocycles. The second-order valence-electron chi connectivity index (χ2n) is 5.48. The fraction of sp³-hybridized carbons (Fsp3) is 0.562. The Balaban J connectivity index is 3.18. The summed E-state index contributed by atoms with van der Waals surface area (Å²) < 4.78 is 18.6. The van der Waals surface area contributed by atoms with E-state index in [0.717, 1.165) is 11.1 Å². The molecule has 4 heteroatoms. The summed E-state index contributed by atoms with van der Waals surface area (Å²) in [6, 6.07) is 4.61. The molecule has 112 valence electrons. The lowest BCUT2D eigenvalue weighted by Crippen LogP contribution is -2.46. The van der Waals surface area contributed by atoms with Crippen LogP contribution >= 0.6 is 0 Å². The Bertz CT molecular complexity index is 474. The number of nitrogens with two attached hydrogens (primary N) is 1. The van der Waals surface area contributed by atoms with Crippen LogP contribution in [0.1, 0.15) is 31.9 Å². The fourth-order valence-corrected chi connectivity index (χ4v) is 2.35. The Morgan fingerprint density at radius 3 is 2.60 bits per heavy atom. The molecule has 1 atom stereocenters. The highest BCUT2D eigenvalue weighted by Gasteiger charge is 2.42. The third-order valence-electron chi connectivity index (χ3n) is 3.97. The SMILES string of the molecule is CCOC(=O)C(CN)(Cc1cc(F)ccc1C)C(C)C. The highest BCUT2D eigenvalue weighted by Crippen LogP contribution is 2.33. The number of benzene rings is 1. The van der Waals surface area contributed by atoms with Gasteiger partial charge in [-0.05, 0) is 49.4 Å². The van der Waals surface area contributed by atoms with E-state index < -0.39 is 5.41 Å². The number of aryl methyl sites for hydroxylation is 1. The Morgan fingerprint density at radius 1 is 1.45 bits per heavy atom. The van der Waals surface area contributed by atoms with Gasteiger partial charge in [-0.25, -0.2) is 4.39 Å². The zero-order valence-corrected chi connectivity index (χ0v) is 12.7. The van der Waals surface area contributed by atoms with Crippen molar-refractivity contribution in [3.63, 3.8) is 0 Å². The summed E-state index contributed by atoms with van der Waals surface area (Å²) in [6.07, 6.45) is 0.392. The van der Waals surface area contributed by atoms with E-state index in [2.05, 4.69) is 0 Å². The Kier molecular flexibility index (Phi) is 5.69. The summed E-state index contributed by atoms with van der Waals surface area (Å²) in [5, 5.41) is 0. The first kappa shape index (κ1) is 16.6. The monoisotopic (exact) mass is 281 g/mol. The molecule has 0 saturated heterocycles. The topological polar surface area (TPSA) is 52.3 Å². The normalized spacial score (nSPS) is 14.2. The first-order valence-electron chi connectivity index (χ1n) is 6.99. The van der Waals surface area contributed by atoms with E-state index in [0.29, 0.717) is 13.0 Å². The lowest BCUT2D eigenvalue weighted by atomic mass is 9.72. The molecule has 0 aliphatic carbocycles. The van der Waals surface area contributed by atoms with E-state index in [1.807, 2.05) is 20.8 Å². The van der Waals surface area contributed by atoms with Crippen molar-refractivity contribution in [3.8, 4) is 0 Å². The number of hydrogen-bond acceptors (Lipinski definition) is 3. The van der Waals surface area contributed by atoms with Gasteiger partial charge in [-0.15, -0.1) is 0 Å². The van der Waals surface area contributed by atoms with Crippen molar-refractivity contribution in [2.24, 2.45) is 17.1 Å².